The average molecular weight is 331 g/mol. The molecule has 0 unspecified atom stereocenters. The Morgan fingerprint density at radius 2 is 2.00 bits per heavy atom. The number of hydrogen-bond donors (Lipinski definition) is 2. The van der Waals surface area contributed by atoms with Gasteiger partial charge in [-0.2, -0.15) is 0 Å². The van der Waals surface area contributed by atoms with Gasteiger partial charge in [0.25, 0.3) is 0 Å². The van der Waals surface area contributed by atoms with Gasteiger partial charge in [-0.15, -0.1) is 11.3 Å². The summed E-state index contributed by atoms with van der Waals surface area (Å²) in [6.45, 7) is 6.11. The van der Waals surface area contributed by atoms with Gasteiger partial charge >= 0.3 is 0 Å². The number of nitrogens with one attached hydrogen (secondary N) is 2. The third kappa shape index (κ3) is 4.33. The molecule has 4 nitrogen and oxygen atoms in total. The lowest BCUT2D eigenvalue weighted by atomic mass is 10.2. The van der Waals surface area contributed by atoms with Crippen LogP contribution in [0.2, 0.25) is 0 Å². The number of benzene rings is 1. The SMILES string of the molecule is CN=C(c1cc(C)sc1Nc1ccccc1C)N(C)CCNC. The first kappa shape index (κ1) is 17.5. The second-order valence-electron chi connectivity index (χ2n) is 5.61. The Balaban J connectivity index is 2.31. The van der Waals surface area contributed by atoms with Gasteiger partial charge in [0.1, 0.15) is 10.8 Å². The molecule has 0 fully saturated rings. The molecule has 0 aliphatic carbocycles. The van der Waals surface area contributed by atoms with E-state index in [1.54, 1.807) is 11.3 Å². The topological polar surface area (TPSA) is 39.7 Å². The molecule has 124 valence electrons. The van der Waals surface area contributed by atoms with Crippen molar-refractivity contribution in [2.45, 2.75) is 13.8 Å². The minimum absolute atomic E-state index is 0.919. The molecule has 2 aromatic rings. The van der Waals surface area contributed by atoms with E-state index in [4.69, 9.17) is 0 Å². The van der Waals surface area contributed by atoms with Crippen molar-refractivity contribution in [1.29, 1.82) is 0 Å². The van der Waals surface area contributed by atoms with Crippen LogP contribution in [-0.2, 0) is 0 Å². The molecule has 1 heterocycles. The van der Waals surface area contributed by atoms with Crippen molar-refractivity contribution >= 4 is 27.9 Å². The molecular weight excluding hydrogens is 304 g/mol. The lowest BCUT2D eigenvalue weighted by molar-refractivity contribution is 0.495. The van der Waals surface area contributed by atoms with E-state index in [1.165, 1.54) is 10.4 Å². The molecular formula is C18H26N4S. The second-order valence-corrected chi connectivity index (χ2v) is 6.87. The van der Waals surface area contributed by atoms with Gasteiger partial charge in [-0.3, -0.25) is 4.99 Å². The predicted octanol–water partition coefficient (Wildman–Crippen LogP) is 3.64. The largest absolute Gasteiger partial charge is 0.358 e. The molecule has 0 saturated heterocycles. The van der Waals surface area contributed by atoms with Gasteiger partial charge in [0.2, 0.25) is 0 Å². The van der Waals surface area contributed by atoms with Crippen molar-refractivity contribution in [2.24, 2.45) is 4.99 Å². The Labute approximate surface area is 143 Å². The first-order valence-electron chi connectivity index (χ1n) is 7.82. The van der Waals surface area contributed by atoms with Crippen molar-refractivity contribution in [2.75, 3.05) is 39.5 Å². The maximum absolute atomic E-state index is 4.53. The molecule has 0 saturated carbocycles. The molecule has 1 aromatic carbocycles. The number of para-hydroxylation sites is 1. The van der Waals surface area contributed by atoms with E-state index >= 15 is 0 Å². The number of hydrogen-bond acceptors (Lipinski definition) is 4. The summed E-state index contributed by atoms with van der Waals surface area (Å²) < 4.78 is 0. The molecule has 0 amide bonds. The fourth-order valence-corrected chi connectivity index (χ4v) is 3.41. The lowest BCUT2D eigenvalue weighted by Gasteiger charge is -2.21. The third-order valence-corrected chi connectivity index (χ3v) is 4.73. The van der Waals surface area contributed by atoms with E-state index in [0.717, 1.165) is 35.2 Å². The fourth-order valence-electron chi connectivity index (χ4n) is 2.49. The van der Waals surface area contributed by atoms with Gasteiger partial charge in [-0.25, -0.2) is 0 Å². The first-order chi connectivity index (χ1) is 11.1. The molecule has 23 heavy (non-hydrogen) atoms. The van der Waals surface area contributed by atoms with Crippen LogP contribution in [-0.4, -0.2) is 45.0 Å². The molecule has 5 heteroatoms. The molecule has 0 atom stereocenters. The highest BCUT2D eigenvalue weighted by Crippen LogP contribution is 2.32. The number of aliphatic imine (C=N–C) groups is 1. The fraction of sp³-hybridized carbons (Fsp3) is 0.389. The molecule has 2 N–H and O–H groups in total. The summed E-state index contributed by atoms with van der Waals surface area (Å²) in [4.78, 5) is 8.00. The summed E-state index contributed by atoms with van der Waals surface area (Å²) in [5.41, 5.74) is 3.55. The summed E-state index contributed by atoms with van der Waals surface area (Å²) in [5, 5.41) is 7.92. The zero-order chi connectivity index (χ0) is 16.8. The van der Waals surface area contributed by atoms with E-state index in [9.17, 15) is 0 Å². The van der Waals surface area contributed by atoms with Crippen LogP contribution < -0.4 is 10.6 Å². The highest BCUT2D eigenvalue weighted by Gasteiger charge is 2.16. The van der Waals surface area contributed by atoms with E-state index in [0.29, 0.717) is 0 Å². The van der Waals surface area contributed by atoms with Crippen LogP contribution in [0.4, 0.5) is 10.7 Å². The summed E-state index contributed by atoms with van der Waals surface area (Å²) in [7, 11) is 5.91. The van der Waals surface area contributed by atoms with E-state index < -0.39 is 0 Å². The molecule has 0 bridgehead atoms. The summed E-state index contributed by atoms with van der Waals surface area (Å²) in [6.07, 6.45) is 0. The molecule has 0 radical (unpaired) electrons. The van der Waals surface area contributed by atoms with Crippen LogP contribution in [0.15, 0.2) is 35.3 Å². The van der Waals surface area contributed by atoms with Gasteiger partial charge in [-0.05, 0) is 38.6 Å². The van der Waals surface area contributed by atoms with Gasteiger partial charge < -0.3 is 15.5 Å². The standard InChI is InChI=1S/C18H26N4S/c1-13-8-6-7-9-16(13)21-18-15(12-14(2)23-18)17(20-4)22(5)11-10-19-3/h6-9,12,19,21H,10-11H2,1-5H3. The van der Waals surface area contributed by atoms with E-state index in [-0.39, 0.29) is 0 Å². The normalized spacial score (nSPS) is 11.6. The van der Waals surface area contributed by atoms with Gasteiger partial charge in [0, 0.05) is 37.7 Å². The van der Waals surface area contributed by atoms with Crippen molar-refractivity contribution < 1.29 is 0 Å². The number of nitrogens with zero attached hydrogens (tertiary/aromatic N) is 2. The van der Waals surface area contributed by atoms with E-state index in [2.05, 4.69) is 71.8 Å². The molecule has 0 aliphatic heterocycles. The number of likely N-dealkylation sites (N-methyl/N-ethyl adjacent to an activating group) is 2. The first-order valence-corrected chi connectivity index (χ1v) is 8.64. The maximum Gasteiger partial charge on any atom is 0.133 e. The molecule has 0 spiro atoms. The van der Waals surface area contributed by atoms with Crippen LogP contribution >= 0.6 is 11.3 Å². The summed E-state index contributed by atoms with van der Waals surface area (Å²) in [5.74, 6) is 1.01. The van der Waals surface area contributed by atoms with Crippen LogP contribution in [0, 0.1) is 13.8 Å². The van der Waals surface area contributed by atoms with Crippen molar-refractivity contribution in [3.05, 3.63) is 46.3 Å². The molecule has 0 aliphatic rings. The van der Waals surface area contributed by atoms with Gasteiger partial charge in [0.15, 0.2) is 0 Å². The highest BCUT2D eigenvalue weighted by molar-refractivity contribution is 7.16. The Hall–Kier alpha value is -1.85. The monoisotopic (exact) mass is 330 g/mol. The van der Waals surface area contributed by atoms with Crippen molar-refractivity contribution in [1.82, 2.24) is 10.2 Å². The van der Waals surface area contributed by atoms with Gasteiger partial charge in [0.05, 0.1) is 5.56 Å². The predicted molar refractivity (Wildman–Crippen MR) is 103 cm³/mol. The summed E-state index contributed by atoms with van der Waals surface area (Å²) in [6, 6.07) is 10.6. The highest BCUT2D eigenvalue weighted by atomic mass is 32.1. The van der Waals surface area contributed by atoms with E-state index in [1.807, 2.05) is 14.1 Å². The van der Waals surface area contributed by atoms with Crippen LogP contribution in [0.3, 0.4) is 0 Å². The van der Waals surface area contributed by atoms with Crippen LogP contribution in [0.25, 0.3) is 0 Å². The number of aryl methyl sites for hydroxylation is 2. The Morgan fingerprint density at radius 3 is 2.65 bits per heavy atom. The molecule has 2 rings (SSSR count). The number of amidine groups is 1. The van der Waals surface area contributed by atoms with Crippen molar-refractivity contribution in [3.8, 4) is 0 Å². The Kier molecular flexibility index (Phi) is 6.19. The average Bonchev–Trinajstić information content (AvgIpc) is 2.88. The smallest absolute Gasteiger partial charge is 0.133 e. The van der Waals surface area contributed by atoms with Crippen molar-refractivity contribution in [3.63, 3.8) is 0 Å². The minimum Gasteiger partial charge on any atom is -0.358 e. The maximum atomic E-state index is 4.53. The number of rotatable bonds is 6. The minimum atomic E-state index is 0.919. The second kappa shape index (κ2) is 8.13. The van der Waals surface area contributed by atoms with Gasteiger partial charge in [-0.1, -0.05) is 18.2 Å². The zero-order valence-corrected chi connectivity index (χ0v) is 15.4. The molecule has 1 aromatic heterocycles. The summed E-state index contributed by atoms with van der Waals surface area (Å²) >= 11 is 1.77. The van der Waals surface area contributed by atoms with Crippen LogP contribution in [0.5, 0.6) is 0 Å². The lowest BCUT2D eigenvalue weighted by Crippen LogP contribution is -2.33. The third-order valence-electron chi connectivity index (χ3n) is 3.76. The number of anilines is 2. The zero-order valence-electron chi connectivity index (χ0n) is 14.6. The number of thiophene rings is 1. The Morgan fingerprint density at radius 1 is 1.26 bits per heavy atom. The van der Waals surface area contributed by atoms with Crippen LogP contribution in [0.1, 0.15) is 16.0 Å². The quantitative estimate of drug-likeness (QED) is 0.627. The Bertz CT molecular complexity index is 675.